The molecule has 5 rings (SSSR count). The third kappa shape index (κ3) is 3.07. The zero-order valence-electron chi connectivity index (χ0n) is 16.9. The monoisotopic (exact) mass is 403 g/mol. The molecule has 152 valence electrons. The van der Waals surface area contributed by atoms with E-state index in [0.717, 1.165) is 45.8 Å². The van der Waals surface area contributed by atoms with Crippen molar-refractivity contribution in [3.8, 4) is 17.0 Å². The minimum Gasteiger partial charge on any atom is -0.485 e. The van der Waals surface area contributed by atoms with Crippen LogP contribution < -0.4 is 10.5 Å². The molecule has 0 fully saturated rings. The van der Waals surface area contributed by atoms with E-state index in [4.69, 9.17) is 15.5 Å². The molecule has 0 saturated heterocycles. The molecule has 0 amide bonds. The summed E-state index contributed by atoms with van der Waals surface area (Å²) in [5.74, 6) is 0.453. The minimum atomic E-state index is -0.312. The van der Waals surface area contributed by atoms with Crippen molar-refractivity contribution in [3.05, 3.63) is 70.8 Å². The first-order valence-electron chi connectivity index (χ1n) is 10.0. The van der Waals surface area contributed by atoms with Gasteiger partial charge >= 0.3 is 0 Å². The van der Waals surface area contributed by atoms with E-state index in [2.05, 4.69) is 30.0 Å². The van der Waals surface area contributed by atoms with Crippen molar-refractivity contribution >= 4 is 11.5 Å². The van der Waals surface area contributed by atoms with Crippen LogP contribution in [-0.4, -0.2) is 26.5 Å². The van der Waals surface area contributed by atoms with Gasteiger partial charge in [0.15, 0.2) is 11.6 Å². The Labute approximate surface area is 173 Å². The van der Waals surface area contributed by atoms with Gasteiger partial charge in [-0.25, -0.2) is 9.37 Å². The number of anilines is 1. The van der Waals surface area contributed by atoms with E-state index in [1.54, 1.807) is 12.3 Å². The maximum Gasteiger partial charge on any atom is 0.166 e. The molecule has 30 heavy (non-hydrogen) atoms. The number of nitrogens with two attached hydrogens (primary N) is 1. The van der Waals surface area contributed by atoms with Gasteiger partial charge in [-0.3, -0.25) is 9.67 Å². The maximum absolute atomic E-state index is 14.1. The van der Waals surface area contributed by atoms with E-state index in [-0.39, 0.29) is 18.5 Å². The zero-order valence-corrected chi connectivity index (χ0v) is 16.9. The molecule has 0 aliphatic carbocycles. The second-order valence-electron chi connectivity index (χ2n) is 7.62. The first-order valence-corrected chi connectivity index (χ1v) is 10.0. The number of rotatable bonds is 1. The van der Waals surface area contributed by atoms with Crippen molar-refractivity contribution in [1.29, 1.82) is 0 Å². The van der Waals surface area contributed by atoms with E-state index < -0.39 is 0 Å². The van der Waals surface area contributed by atoms with Crippen LogP contribution in [0.25, 0.3) is 11.3 Å². The molecule has 0 saturated carbocycles. The van der Waals surface area contributed by atoms with Crippen molar-refractivity contribution in [1.82, 2.24) is 14.8 Å². The molecule has 2 bridgehead atoms. The number of nitrogens with zero attached hydrogens (tertiary/aromatic N) is 4. The maximum atomic E-state index is 14.1. The molecule has 1 unspecified atom stereocenters. The zero-order chi connectivity index (χ0) is 20.8. The number of aromatic nitrogens is 3. The number of pyridine rings is 1. The summed E-state index contributed by atoms with van der Waals surface area (Å²) in [6.07, 6.45) is 6.48. The molecule has 2 aromatic heterocycles. The smallest absolute Gasteiger partial charge is 0.166 e. The fraction of sp³-hybridized carbons (Fsp3) is 0.261. The number of hydrogen-bond acceptors (Lipinski definition) is 5. The Hall–Kier alpha value is -3.48. The van der Waals surface area contributed by atoms with Crippen molar-refractivity contribution in [2.24, 2.45) is 4.99 Å². The average Bonchev–Trinajstić information content (AvgIpc) is 3.30. The van der Waals surface area contributed by atoms with Crippen LogP contribution >= 0.6 is 0 Å². The lowest BCUT2D eigenvalue weighted by Crippen LogP contribution is -2.12. The molecule has 1 atom stereocenters. The van der Waals surface area contributed by atoms with E-state index >= 15 is 0 Å². The van der Waals surface area contributed by atoms with E-state index in [1.165, 1.54) is 12.1 Å². The van der Waals surface area contributed by atoms with Gasteiger partial charge < -0.3 is 10.5 Å². The highest BCUT2D eigenvalue weighted by Gasteiger charge is 2.25. The largest absolute Gasteiger partial charge is 0.485 e. The molecule has 0 radical (unpaired) electrons. The molecule has 4 heterocycles. The topological polar surface area (TPSA) is 78.3 Å². The van der Waals surface area contributed by atoms with Crippen LogP contribution in [0.3, 0.4) is 0 Å². The predicted octanol–water partition coefficient (Wildman–Crippen LogP) is 3.94. The predicted molar refractivity (Wildman–Crippen MR) is 114 cm³/mol. The number of ether oxygens (including phenoxy) is 1. The van der Waals surface area contributed by atoms with Crippen LogP contribution in [0.15, 0.2) is 53.3 Å². The average molecular weight is 403 g/mol. The summed E-state index contributed by atoms with van der Waals surface area (Å²) in [7, 11) is 0. The van der Waals surface area contributed by atoms with Gasteiger partial charge in [0.25, 0.3) is 0 Å². The number of aryl methyl sites for hydroxylation is 1. The van der Waals surface area contributed by atoms with Gasteiger partial charge in [-0.2, -0.15) is 5.10 Å². The lowest BCUT2D eigenvalue weighted by atomic mass is 9.93. The van der Waals surface area contributed by atoms with Crippen LogP contribution in [0.5, 0.6) is 5.75 Å². The number of benzene rings is 1. The Morgan fingerprint density at radius 3 is 2.93 bits per heavy atom. The summed E-state index contributed by atoms with van der Waals surface area (Å²) in [6, 6.07) is 6.68. The number of nitrogen functional groups attached to an aromatic ring is 1. The molecule has 3 aromatic rings. The van der Waals surface area contributed by atoms with Crippen molar-refractivity contribution in [2.75, 3.05) is 5.73 Å². The van der Waals surface area contributed by atoms with Gasteiger partial charge in [0.2, 0.25) is 0 Å². The summed E-state index contributed by atoms with van der Waals surface area (Å²) in [4.78, 5) is 9.17. The molecular weight excluding hydrogens is 381 g/mol. The number of allylic oxidation sites excluding steroid dienone is 1. The molecule has 1 aromatic carbocycles. The van der Waals surface area contributed by atoms with Crippen molar-refractivity contribution < 1.29 is 9.13 Å². The van der Waals surface area contributed by atoms with Crippen LogP contribution in [0, 0.1) is 5.82 Å². The second kappa shape index (κ2) is 7.09. The summed E-state index contributed by atoms with van der Waals surface area (Å²) < 4.78 is 22.0. The molecule has 2 aliphatic heterocycles. The third-order valence-corrected chi connectivity index (χ3v) is 5.54. The van der Waals surface area contributed by atoms with Crippen LogP contribution in [0.4, 0.5) is 10.2 Å². The fourth-order valence-corrected chi connectivity index (χ4v) is 4.18. The second-order valence-corrected chi connectivity index (χ2v) is 7.62. The Kier molecular flexibility index (Phi) is 4.38. The fourth-order valence-electron chi connectivity index (χ4n) is 4.18. The van der Waals surface area contributed by atoms with Crippen LogP contribution in [-0.2, 0) is 19.6 Å². The van der Waals surface area contributed by atoms with Gasteiger partial charge in [0.05, 0.1) is 23.6 Å². The molecule has 2 N–H and O–H groups in total. The highest BCUT2D eigenvalue weighted by molar-refractivity contribution is 6.15. The van der Waals surface area contributed by atoms with Gasteiger partial charge in [0.1, 0.15) is 12.4 Å². The van der Waals surface area contributed by atoms with Gasteiger partial charge in [0, 0.05) is 41.4 Å². The van der Waals surface area contributed by atoms with E-state index in [1.807, 2.05) is 16.9 Å². The normalized spacial score (nSPS) is 17.5. The number of hydrogen-bond donors (Lipinski definition) is 1. The highest BCUT2D eigenvalue weighted by Crippen LogP contribution is 2.34. The Balaban J connectivity index is 1.74. The molecular formula is C23H22FN5O. The molecule has 0 spiro atoms. The van der Waals surface area contributed by atoms with Gasteiger partial charge in [-0.05, 0) is 43.7 Å². The Bertz CT molecular complexity index is 1210. The third-order valence-electron chi connectivity index (χ3n) is 5.54. The highest BCUT2D eigenvalue weighted by atomic mass is 19.1. The lowest BCUT2D eigenvalue weighted by Gasteiger charge is -2.17. The van der Waals surface area contributed by atoms with Crippen molar-refractivity contribution in [3.63, 3.8) is 0 Å². The van der Waals surface area contributed by atoms with E-state index in [0.29, 0.717) is 18.0 Å². The quantitative estimate of drug-likeness (QED) is 0.668. The SMILES string of the molecule is CCn1ncc2c1-c1cnc(N)c(c1)OCc1cc(F)ccc1C1=NC(C)C=C1C2. The molecule has 7 heteroatoms. The van der Waals surface area contributed by atoms with Gasteiger partial charge in [-0.15, -0.1) is 0 Å². The minimum absolute atomic E-state index is 0.0574. The van der Waals surface area contributed by atoms with E-state index in [9.17, 15) is 4.39 Å². The molecule has 6 nitrogen and oxygen atoms in total. The first kappa shape index (κ1) is 18.5. The lowest BCUT2D eigenvalue weighted by molar-refractivity contribution is 0.306. The van der Waals surface area contributed by atoms with Crippen LogP contribution in [0.1, 0.15) is 30.5 Å². The van der Waals surface area contributed by atoms with Crippen LogP contribution in [0.2, 0.25) is 0 Å². The Morgan fingerprint density at radius 1 is 1.23 bits per heavy atom. The summed E-state index contributed by atoms with van der Waals surface area (Å²) in [5.41, 5.74) is 12.6. The summed E-state index contributed by atoms with van der Waals surface area (Å²) >= 11 is 0. The summed E-state index contributed by atoms with van der Waals surface area (Å²) in [6.45, 7) is 5.01. The van der Waals surface area contributed by atoms with Crippen molar-refractivity contribution in [2.45, 2.75) is 39.5 Å². The number of fused-ring (bicyclic) bond motifs is 7. The number of aliphatic imine (C=N–C) groups is 1. The Morgan fingerprint density at radius 2 is 2.10 bits per heavy atom. The summed E-state index contributed by atoms with van der Waals surface area (Å²) in [5, 5.41) is 4.57. The first-order chi connectivity index (χ1) is 14.5. The standard InChI is InChI=1S/C23H22FN5O/c1-3-29-22-15(11-27-29)7-14-6-13(2)28-21(14)19-5-4-18(24)8-17(19)12-30-20-9-16(22)10-26-23(20)25/h4-6,8-11,13H,3,7,12H2,1-2H3,(H2,25,26). The number of halogens is 1. The van der Waals surface area contributed by atoms with Gasteiger partial charge in [-0.1, -0.05) is 6.08 Å². The molecule has 2 aliphatic rings.